The monoisotopic (exact) mass is 445 g/mol. The molecule has 5 rings (SSSR count). The van der Waals surface area contributed by atoms with Crippen LogP contribution in [0.4, 0.5) is 5.69 Å². The van der Waals surface area contributed by atoms with Crippen LogP contribution in [0.15, 0.2) is 77.9 Å². The summed E-state index contributed by atoms with van der Waals surface area (Å²) in [5.74, 6) is -0.185. The number of aromatic nitrogens is 3. The van der Waals surface area contributed by atoms with Crippen molar-refractivity contribution in [3.63, 3.8) is 0 Å². The Balaban J connectivity index is 1.48. The largest absolute Gasteiger partial charge is 0.368 e. The average molecular weight is 446 g/mol. The van der Waals surface area contributed by atoms with Gasteiger partial charge in [-0.1, -0.05) is 35.9 Å². The second-order valence-corrected chi connectivity index (χ2v) is 8.01. The topological polar surface area (TPSA) is 71.3 Å². The maximum absolute atomic E-state index is 13.5. The Morgan fingerprint density at radius 2 is 1.56 bits per heavy atom. The molecular formula is C24H20ClN5O2. The highest BCUT2D eigenvalue weighted by Gasteiger charge is 2.26. The van der Waals surface area contributed by atoms with Gasteiger partial charge < -0.3 is 9.80 Å². The van der Waals surface area contributed by atoms with Gasteiger partial charge in [0.25, 0.3) is 11.5 Å². The van der Waals surface area contributed by atoms with Gasteiger partial charge >= 0.3 is 0 Å². The van der Waals surface area contributed by atoms with E-state index in [0.29, 0.717) is 47.7 Å². The minimum absolute atomic E-state index is 0.185. The predicted octanol–water partition coefficient (Wildman–Crippen LogP) is 3.40. The average Bonchev–Trinajstić information content (AvgIpc) is 2.85. The van der Waals surface area contributed by atoms with Crippen LogP contribution in [0.3, 0.4) is 0 Å². The number of carbonyl (C=O) groups excluding carboxylic acids is 1. The normalized spacial score (nSPS) is 14.0. The summed E-state index contributed by atoms with van der Waals surface area (Å²) < 4.78 is 1.28. The molecule has 1 saturated heterocycles. The number of anilines is 1. The molecule has 7 nitrogen and oxygen atoms in total. The highest BCUT2D eigenvalue weighted by molar-refractivity contribution is 6.30. The molecule has 0 radical (unpaired) electrons. The van der Waals surface area contributed by atoms with Crippen molar-refractivity contribution in [2.75, 3.05) is 31.1 Å². The summed E-state index contributed by atoms with van der Waals surface area (Å²) in [7, 11) is 0. The molecule has 2 aromatic heterocycles. The first-order valence-electron chi connectivity index (χ1n) is 10.3. The Labute approximate surface area is 189 Å². The van der Waals surface area contributed by atoms with Crippen molar-refractivity contribution in [1.82, 2.24) is 19.7 Å². The van der Waals surface area contributed by atoms with Crippen molar-refractivity contribution in [2.45, 2.75) is 0 Å². The van der Waals surface area contributed by atoms with Crippen molar-refractivity contribution >= 4 is 34.0 Å². The number of benzene rings is 2. The van der Waals surface area contributed by atoms with E-state index in [1.807, 2.05) is 30.3 Å². The van der Waals surface area contributed by atoms with Crippen LogP contribution in [0, 0.1) is 0 Å². The van der Waals surface area contributed by atoms with Crippen molar-refractivity contribution in [1.29, 1.82) is 0 Å². The third kappa shape index (κ3) is 3.71. The number of nitrogens with zero attached hydrogens (tertiary/aromatic N) is 5. The van der Waals surface area contributed by atoms with Crippen LogP contribution < -0.4 is 10.5 Å². The maximum Gasteiger partial charge on any atom is 0.279 e. The summed E-state index contributed by atoms with van der Waals surface area (Å²) in [5.41, 5.74) is 1.61. The van der Waals surface area contributed by atoms with Gasteiger partial charge in [0.1, 0.15) is 0 Å². The van der Waals surface area contributed by atoms with Crippen LogP contribution in [0.25, 0.3) is 16.5 Å². The lowest BCUT2D eigenvalue weighted by Gasteiger charge is -2.36. The molecule has 8 heteroatoms. The summed E-state index contributed by atoms with van der Waals surface area (Å²) in [4.78, 5) is 34.5. The first-order chi connectivity index (χ1) is 15.6. The highest BCUT2D eigenvalue weighted by atomic mass is 35.5. The van der Waals surface area contributed by atoms with Gasteiger partial charge in [-0.3, -0.25) is 14.6 Å². The molecule has 0 aliphatic carbocycles. The van der Waals surface area contributed by atoms with Gasteiger partial charge in [-0.2, -0.15) is 9.78 Å². The first-order valence-corrected chi connectivity index (χ1v) is 10.7. The molecule has 0 spiro atoms. The Hall–Kier alpha value is -3.71. The van der Waals surface area contributed by atoms with E-state index < -0.39 is 0 Å². The highest BCUT2D eigenvalue weighted by Crippen LogP contribution is 2.22. The van der Waals surface area contributed by atoms with E-state index in [1.165, 1.54) is 4.68 Å². The third-order valence-electron chi connectivity index (χ3n) is 5.66. The molecule has 4 aromatic rings. The van der Waals surface area contributed by atoms with Crippen LogP contribution in [-0.4, -0.2) is 51.8 Å². The summed E-state index contributed by atoms with van der Waals surface area (Å²) in [6, 6.07) is 18.2. The molecule has 0 N–H and O–H groups in total. The Morgan fingerprint density at radius 3 is 2.28 bits per heavy atom. The Morgan fingerprint density at radius 1 is 0.844 bits per heavy atom. The minimum atomic E-state index is -0.269. The number of hydrogen-bond acceptors (Lipinski definition) is 5. The standard InChI is InChI=1S/C24H20ClN5O2/c25-17-4-3-5-19(16-17)28-12-14-29(15-13-28)24(32)22-20-6-1-2-7-21(20)23(31)30(27-22)18-8-10-26-11-9-18/h1-11,16H,12-15H2. The SMILES string of the molecule is O=C(c1nn(-c2ccncc2)c(=O)c2ccccc12)N1CCN(c2cccc(Cl)c2)CC1. The zero-order chi connectivity index (χ0) is 22.1. The van der Waals surface area contributed by atoms with Gasteiger partial charge in [0.15, 0.2) is 5.69 Å². The summed E-state index contributed by atoms with van der Waals surface area (Å²) in [6.07, 6.45) is 3.18. The number of halogens is 1. The van der Waals surface area contributed by atoms with Crippen molar-refractivity contribution in [3.8, 4) is 5.69 Å². The molecule has 3 heterocycles. The number of pyridine rings is 1. The van der Waals surface area contributed by atoms with E-state index in [9.17, 15) is 9.59 Å². The zero-order valence-electron chi connectivity index (χ0n) is 17.2. The lowest BCUT2D eigenvalue weighted by Crippen LogP contribution is -2.49. The van der Waals surface area contributed by atoms with Crippen molar-refractivity contribution in [2.24, 2.45) is 0 Å². The number of amides is 1. The number of piperazine rings is 1. The fourth-order valence-corrected chi connectivity index (χ4v) is 4.18. The van der Waals surface area contributed by atoms with E-state index in [0.717, 1.165) is 5.69 Å². The summed E-state index contributed by atoms with van der Waals surface area (Å²) in [6.45, 7) is 2.48. The second-order valence-electron chi connectivity index (χ2n) is 7.58. The molecular weight excluding hydrogens is 426 g/mol. The van der Waals surface area contributed by atoms with Crippen LogP contribution >= 0.6 is 11.6 Å². The smallest absolute Gasteiger partial charge is 0.279 e. The van der Waals surface area contributed by atoms with E-state index >= 15 is 0 Å². The van der Waals surface area contributed by atoms with E-state index in [4.69, 9.17) is 11.6 Å². The molecule has 1 amide bonds. The van der Waals surface area contributed by atoms with E-state index in [2.05, 4.69) is 15.0 Å². The lowest BCUT2D eigenvalue weighted by molar-refractivity contribution is 0.0741. The number of rotatable bonds is 3. The molecule has 0 saturated carbocycles. The number of hydrogen-bond donors (Lipinski definition) is 0. The predicted molar refractivity (Wildman–Crippen MR) is 125 cm³/mol. The summed E-state index contributed by atoms with van der Waals surface area (Å²) in [5, 5.41) is 6.20. The molecule has 0 bridgehead atoms. The molecule has 1 fully saturated rings. The van der Waals surface area contributed by atoms with Gasteiger partial charge in [0, 0.05) is 54.7 Å². The van der Waals surface area contributed by atoms with Crippen molar-refractivity contribution < 1.29 is 4.79 Å². The third-order valence-corrected chi connectivity index (χ3v) is 5.89. The van der Waals surface area contributed by atoms with Crippen LogP contribution in [0.1, 0.15) is 10.5 Å². The number of carbonyl (C=O) groups is 1. The lowest BCUT2D eigenvalue weighted by atomic mass is 10.1. The number of fused-ring (bicyclic) bond motifs is 1. The fraction of sp³-hybridized carbons (Fsp3) is 0.167. The van der Waals surface area contributed by atoms with Crippen LogP contribution in [0.2, 0.25) is 5.02 Å². The second kappa shape index (κ2) is 8.43. The molecule has 32 heavy (non-hydrogen) atoms. The quantitative estimate of drug-likeness (QED) is 0.483. The molecule has 1 aliphatic heterocycles. The van der Waals surface area contributed by atoms with Crippen LogP contribution in [0.5, 0.6) is 0 Å². The molecule has 2 aromatic carbocycles. The molecule has 0 unspecified atom stereocenters. The first kappa shape index (κ1) is 20.2. The Bertz CT molecular complexity index is 1350. The van der Waals surface area contributed by atoms with Gasteiger partial charge in [0.2, 0.25) is 0 Å². The Kier molecular flexibility index (Phi) is 5.33. The van der Waals surface area contributed by atoms with Gasteiger partial charge in [-0.25, -0.2) is 0 Å². The molecule has 160 valence electrons. The van der Waals surface area contributed by atoms with Gasteiger partial charge in [-0.15, -0.1) is 0 Å². The summed E-state index contributed by atoms with van der Waals surface area (Å²) >= 11 is 6.13. The molecule has 1 aliphatic rings. The van der Waals surface area contributed by atoms with E-state index in [1.54, 1.807) is 47.6 Å². The van der Waals surface area contributed by atoms with Crippen LogP contribution in [-0.2, 0) is 0 Å². The molecule has 0 atom stereocenters. The maximum atomic E-state index is 13.5. The fourth-order valence-electron chi connectivity index (χ4n) is 4.00. The van der Waals surface area contributed by atoms with E-state index in [-0.39, 0.29) is 17.2 Å². The van der Waals surface area contributed by atoms with Crippen molar-refractivity contribution in [3.05, 3.63) is 94.1 Å². The zero-order valence-corrected chi connectivity index (χ0v) is 17.9. The minimum Gasteiger partial charge on any atom is -0.368 e. The van der Waals surface area contributed by atoms with Gasteiger partial charge in [0.05, 0.1) is 11.1 Å². The van der Waals surface area contributed by atoms with Gasteiger partial charge in [-0.05, 0) is 36.4 Å².